The van der Waals surface area contributed by atoms with Crippen molar-refractivity contribution in [2.24, 2.45) is 0 Å². The van der Waals surface area contributed by atoms with Crippen LogP contribution in [-0.4, -0.2) is 18.2 Å². The molecule has 1 unspecified atom stereocenters. The molecule has 1 rings (SSSR count). The quantitative estimate of drug-likeness (QED) is 0.858. The first-order valence-electron chi connectivity index (χ1n) is 6.44. The molecule has 0 amide bonds. The monoisotopic (exact) mass is 264 g/mol. The molecule has 0 heterocycles. The lowest BCUT2D eigenvalue weighted by Crippen LogP contribution is -2.45. The molecular weight excluding hydrogens is 243 g/mol. The molecule has 3 nitrogen and oxygen atoms in total. The third kappa shape index (κ3) is 4.88. The Morgan fingerprint density at radius 3 is 2.74 bits per heavy atom. The van der Waals surface area contributed by atoms with E-state index < -0.39 is 5.54 Å². The van der Waals surface area contributed by atoms with Gasteiger partial charge in [0.05, 0.1) is 12.7 Å². The molecule has 0 fully saturated rings. The van der Waals surface area contributed by atoms with Gasteiger partial charge < -0.3 is 4.74 Å². The van der Waals surface area contributed by atoms with Gasteiger partial charge >= 0.3 is 0 Å². The number of nitriles is 1. The average Bonchev–Trinajstić information content (AvgIpc) is 2.32. The van der Waals surface area contributed by atoms with Gasteiger partial charge in [-0.2, -0.15) is 5.26 Å². The van der Waals surface area contributed by atoms with E-state index in [-0.39, 0.29) is 17.6 Å². The van der Waals surface area contributed by atoms with Crippen LogP contribution in [0.25, 0.3) is 0 Å². The molecule has 4 heteroatoms. The Kier molecular flexibility index (Phi) is 5.31. The minimum atomic E-state index is -0.658. The number of hydrogen-bond acceptors (Lipinski definition) is 3. The molecule has 1 atom stereocenters. The number of ether oxygens (including phenoxy) is 1. The second kappa shape index (κ2) is 6.53. The molecule has 1 N–H and O–H groups in total. The highest BCUT2D eigenvalue weighted by atomic mass is 19.1. The molecule has 0 aliphatic carbocycles. The van der Waals surface area contributed by atoms with Crippen LogP contribution in [0.1, 0.15) is 32.8 Å². The van der Waals surface area contributed by atoms with E-state index in [2.05, 4.69) is 11.4 Å². The van der Waals surface area contributed by atoms with Crippen LogP contribution in [0, 0.1) is 24.1 Å². The fraction of sp³-hybridized carbons (Fsp3) is 0.533. The number of hydrogen-bond donors (Lipinski definition) is 1. The normalized spacial score (nSPS) is 13.9. The zero-order chi connectivity index (χ0) is 14.5. The van der Waals surface area contributed by atoms with Crippen LogP contribution in [0.4, 0.5) is 4.39 Å². The number of nitrogens with zero attached hydrogens (tertiary/aromatic N) is 1. The van der Waals surface area contributed by atoms with E-state index in [0.29, 0.717) is 13.0 Å². The van der Waals surface area contributed by atoms with Crippen molar-refractivity contribution in [2.75, 3.05) is 6.61 Å². The van der Waals surface area contributed by atoms with Gasteiger partial charge in [-0.15, -0.1) is 0 Å². The second-order valence-electron chi connectivity index (χ2n) is 5.28. The summed E-state index contributed by atoms with van der Waals surface area (Å²) in [5.74, 6) is -0.133. The zero-order valence-corrected chi connectivity index (χ0v) is 12.0. The van der Waals surface area contributed by atoms with Crippen LogP contribution in [-0.2, 0) is 0 Å². The maximum atomic E-state index is 13.5. The molecule has 0 saturated heterocycles. The SMILES string of the molecule is Cc1ccc(F)c(OCCC(C)(C#N)NC(C)C)c1. The fourth-order valence-electron chi connectivity index (χ4n) is 1.88. The Morgan fingerprint density at radius 2 is 2.16 bits per heavy atom. The molecule has 0 radical (unpaired) electrons. The third-order valence-electron chi connectivity index (χ3n) is 2.80. The van der Waals surface area contributed by atoms with Gasteiger partial charge in [0.15, 0.2) is 11.6 Å². The maximum absolute atomic E-state index is 13.5. The highest BCUT2D eigenvalue weighted by Crippen LogP contribution is 2.19. The lowest BCUT2D eigenvalue weighted by molar-refractivity contribution is 0.251. The predicted octanol–water partition coefficient (Wildman–Crippen LogP) is 3.18. The van der Waals surface area contributed by atoms with Crippen molar-refractivity contribution in [3.05, 3.63) is 29.6 Å². The topological polar surface area (TPSA) is 45.0 Å². The Bertz CT molecular complexity index is 468. The van der Waals surface area contributed by atoms with Gasteiger partial charge in [-0.1, -0.05) is 6.07 Å². The Hall–Kier alpha value is -1.60. The summed E-state index contributed by atoms with van der Waals surface area (Å²) >= 11 is 0. The van der Waals surface area contributed by atoms with Crippen molar-refractivity contribution in [3.63, 3.8) is 0 Å². The molecular formula is C15H21FN2O. The summed E-state index contributed by atoms with van der Waals surface area (Å²) in [5, 5.41) is 12.4. The van der Waals surface area contributed by atoms with Crippen LogP contribution in [0.5, 0.6) is 5.75 Å². The minimum Gasteiger partial charge on any atom is -0.490 e. The zero-order valence-electron chi connectivity index (χ0n) is 12.0. The van der Waals surface area contributed by atoms with E-state index in [9.17, 15) is 9.65 Å². The summed E-state index contributed by atoms with van der Waals surface area (Å²) in [6, 6.07) is 7.19. The third-order valence-corrected chi connectivity index (χ3v) is 2.80. The van der Waals surface area contributed by atoms with Gasteiger partial charge in [-0.05, 0) is 45.4 Å². The minimum absolute atomic E-state index is 0.209. The smallest absolute Gasteiger partial charge is 0.165 e. The van der Waals surface area contributed by atoms with E-state index in [1.807, 2.05) is 27.7 Å². The van der Waals surface area contributed by atoms with E-state index in [1.54, 1.807) is 12.1 Å². The van der Waals surface area contributed by atoms with E-state index in [0.717, 1.165) is 5.56 Å². The summed E-state index contributed by atoms with van der Waals surface area (Å²) in [6.07, 6.45) is 0.495. The van der Waals surface area contributed by atoms with Crippen LogP contribution in [0.2, 0.25) is 0 Å². The van der Waals surface area contributed by atoms with Crippen molar-refractivity contribution < 1.29 is 9.13 Å². The Balaban J connectivity index is 2.58. The molecule has 104 valence electrons. The fourth-order valence-corrected chi connectivity index (χ4v) is 1.88. The number of rotatable bonds is 6. The van der Waals surface area contributed by atoms with Crippen molar-refractivity contribution in [2.45, 2.75) is 45.7 Å². The standard InChI is InChI=1S/C15H21FN2O/c1-11(2)18-15(4,10-17)7-8-19-14-9-12(3)5-6-13(14)16/h5-6,9,11,18H,7-8H2,1-4H3. The molecule has 19 heavy (non-hydrogen) atoms. The molecule has 0 saturated carbocycles. The van der Waals surface area contributed by atoms with E-state index >= 15 is 0 Å². The lowest BCUT2D eigenvalue weighted by atomic mass is 9.99. The van der Waals surface area contributed by atoms with Crippen molar-refractivity contribution >= 4 is 0 Å². The molecule has 0 bridgehead atoms. The van der Waals surface area contributed by atoms with E-state index in [4.69, 9.17) is 4.74 Å². The molecule has 1 aromatic carbocycles. The first-order chi connectivity index (χ1) is 8.86. The summed E-state index contributed by atoms with van der Waals surface area (Å²) in [7, 11) is 0. The van der Waals surface area contributed by atoms with Gasteiger partial charge in [-0.3, -0.25) is 5.32 Å². The summed E-state index contributed by atoms with van der Waals surface area (Å²) in [5.41, 5.74) is 0.286. The van der Waals surface area contributed by atoms with Crippen molar-refractivity contribution in [1.29, 1.82) is 5.26 Å². The van der Waals surface area contributed by atoms with Crippen molar-refractivity contribution in [3.8, 4) is 11.8 Å². The van der Waals surface area contributed by atoms with Crippen LogP contribution >= 0.6 is 0 Å². The number of nitrogens with one attached hydrogen (secondary N) is 1. The highest BCUT2D eigenvalue weighted by Gasteiger charge is 2.24. The molecule has 0 aliphatic rings. The number of halogens is 1. The largest absolute Gasteiger partial charge is 0.490 e. The van der Waals surface area contributed by atoms with Crippen LogP contribution < -0.4 is 10.1 Å². The second-order valence-corrected chi connectivity index (χ2v) is 5.28. The highest BCUT2D eigenvalue weighted by molar-refractivity contribution is 5.29. The maximum Gasteiger partial charge on any atom is 0.165 e. The Morgan fingerprint density at radius 1 is 1.47 bits per heavy atom. The lowest BCUT2D eigenvalue weighted by Gasteiger charge is -2.25. The summed E-state index contributed by atoms with van der Waals surface area (Å²) in [4.78, 5) is 0. The molecule has 0 aliphatic heterocycles. The number of benzene rings is 1. The van der Waals surface area contributed by atoms with E-state index in [1.165, 1.54) is 6.07 Å². The van der Waals surface area contributed by atoms with Gasteiger partial charge in [0.25, 0.3) is 0 Å². The first kappa shape index (κ1) is 15.5. The Labute approximate surface area is 114 Å². The first-order valence-corrected chi connectivity index (χ1v) is 6.44. The van der Waals surface area contributed by atoms with Crippen molar-refractivity contribution in [1.82, 2.24) is 5.32 Å². The average molecular weight is 264 g/mol. The van der Waals surface area contributed by atoms with Gasteiger partial charge in [0, 0.05) is 12.5 Å². The number of aryl methyl sites for hydroxylation is 1. The van der Waals surface area contributed by atoms with Gasteiger partial charge in [-0.25, -0.2) is 4.39 Å². The van der Waals surface area contributed by atoms with Crippen LogP contribution in [0.3, 0.4) is 0 Å². The summed E-state index contributed by atoms with van der Waals surface area (Å²) < 4.78 is 18.9. The van der Waals surface area contributed by atoms with Gasteiger partial charge in [0.1, 0.15) is 5.54 Å². The predicted molar refractivity (Wildman–Crippen MR) is 73.5 cm³/mol. The summed E-state index contributed by atoms with van der Waals surface area (Å²) in [6.45, 7) is 7.96. The molecule has 0 aromatic heterocycles. The van der Waals surface area contributed by atoms with Crippen LogP contribution in [0.15, 0.2) is 18.2 Å². The molecule has 1 aromatic rings. The molecule has 0 spiro atoms. The van der Waals surface area contributed by atoms with Gasteiger partial charge in [0.2, 0.25) is 0 Å².